The van der Waals surface area contributed by atoms with Gasteiger partial charge in [-0.3, -0.25) is 4.79 Å². The van der Waals surface area contributed by atoms with Gasteiger partial charge in [0.05, 0.1) is 12.3 Å². The van der Waals surface area contributed by atoms with Crippen molar-refractivity contribution >= 4 is 17.2 Å². The quantitative estimate of drug-likeness (QED) is 0.672. The van der Waals surface area contributed by atoms with Crippen molar-refractivity contribution in [2.45, 2.75) is 45.8 Å². The van der Waals surface area contributed by atoms with E-state index in [2.05, 4.69) is 40.2 Å². The standard InChI is InChI=1S/C23H29N5O2/c1-4-27(5-2)19-9-10-30-21(12-19)17-7-6-8-18(11-17)26-23(29)20-14-25-28-15-16(3)13-24-22(20)28/h6-8,11,13-15,19,21H,4-5,9-10,12H2,1-3H3,(H,26,29)/t19-,21+/m1/s1. The molecule has 3 aromatic rings. The Morgan fingerprint density at radius 3 is 2.93 bits per heavy atom. The molecule has 1 aliphatic rings. The van der Waals surface area contributed by atoms with E-state index in [4.69, 9.17) is 4.74 Å². The van der Waals surface area contributed by atoms with Gasteiger partial charge in [-0.25, -0.2) is 9.50 Å². The first-order valence-corrected chi connectivity index (χ1v) is 10.7. The highest BCUT2D eigenvalue weighted by atomic mass is 16.5. The van der Waals surface area contributed by atoms with Gasteiger partial charge in [0, 0.05) is 30.7 Å². The van der Waals surface area contributed by atoms with Crippen molar-refractivity contribution in [2.24, 2.45) is 0 Å². The number of ether oxygens (including phenoxy) is 1. The number of nitrogens with one attached hydrogen (secondary N) is 1. The molecule has 1 amide bonds. The fourth-order valence-electron chi connectivity index (χ4n) is 4.23. The number of aromatic nitrogens is 3. The van der Waals surface area contributed by atoms with Gasteiger partial charge in [-0.05, 0) is 56.1 Å². The van der Waals surface area contributed by atoms with Crippen molar-refractivity contribution in [3.63, 3.8) is 0 Å². The first-order valence-electron chi connectivity index (χ1n) is 10.7. The summed E-state index contributed by atoms with van der Waals surface area (Å²) in [6.45, 7) is 9.23. The van der Waals surface area contributed by atoms with Crippen LogP contribution in [0.25, 0.3) is 5.65 Å². The second kappa shape index (κ2) is 8.93. The summed E-state index contributed by atoms with van der Waals surface area (Å²) in [6, 6.07) is 8.48. The van der Waals surface area contributed by atoms with Crippen LogP contribution < -0.4 is 5.32 Å². The molecule has 0 aliphatic carbocycles. The minimum atomic E-state index is -0.218. The summed E-state index contributed by atoms with van der Waals surface area (Å²) in [6.07, 6.45) is 7.22. The molecule has 1 N–H and O–H groups in total. The van der Waals surface area contributed by atoms with Crippen molar-refractivity contribution in [1.29, 1.82) is 0 Å². The van der Waals surface area contributed by atoms with Crippen LogP contribution in [0.5, 0.6) is 0 Å². The summed E-state index contributed by atoms with van der Waals surface area (Å²) >= 11 is 0. The maximum Gasteiger partial charge on any atom is 0.261 e. The van der Waals surface area contributed by atoms with Gasteiger partial charge in [-0.2, -0.15) is 5.10 Å². The lowest BCUT2D eigenvalue weighted by atomic mass is 9.96. The number of nitrogens with zero attached hydrogens (tertiary/aromatic N) is 4. The summed E-state index contributed by atoms with van der Waals surface area (Å²) < 4.78 is 7.70. The number of hydrogen-bond acceptors (Lipinski definition) is 5. The summed E-state index contributed by atoms with van der Waals surface area (Å²) in [5, 5.41) is 7.23. The molecule has 2 aromatic heterocycles. The van der Waals surface area contributed by atoms with E-state index in [1.165, 1.54) is 0 Å². The van der Waals surface area contributed by atoms with Gasteiger partial charge < -0.3 is 15.0 Å². The Bertz CT molecular complexity index is 1030. The third-order valence-electron chi connectivity index (χ3n) is 5.83. The number of aryl methyl sites for hydroxylation is 1. The van der Waals surface area contributed by atoms with Gasteiger partial charge in [0.2, 0.25) is 0 Å². The van der Waals surface area contributed by atoms with Gasteiger partial charge in [0.1, 0.15) is 5.56 Å². The Hall–Kier alpha value is -2.77. The number of carbonyl (C=O) groups excluding carboxylic acids is 1. The molecule has 0 saturated carbocycles. The van der Waals surface area contributed by atoms with Crippen LogP contribution in [0.15, 0.2) is 42.9 Å². The number of anilines is 1. The van der Waals surface area contributed by atoms with Crippen molar-refractivity contribution in [1.82, 2.24) is 19.5 Å². The number of hydrogen-bond donors (Lipinski definition) is 1. The monoisotopic (exact) mass is 407 g/mol. The van der Waals surface area contributed by atoms with Crippen molar-refractivity contribution < 1.29 is 9.53 Å². The molecule has 1 saturated heterocycles. The molecular weight excluding hydrogens is 378 g/mol. The summed E-state index contributed by atoms with van der Waals surface area (Å²) in [5.74, 6) is -0.218. The minimum absolute atomic E-state index is 0.0443. The number of carbonyl (C=O) groups is 1. The first kappa shape index (κ1) is 20.5. The number of rotatable bonds is 6. The Morgan fingerprint density at radius 2 is 2.13 bits per heavy atom. The molecule has 30 heavy (non-hydrogen) atoms. The van der Waals surface area contributed by atoms with E-state index in [-0.39, 0.29) is 12.0 Å². The first-order chi connectivity index (χ1) is 14.6. The molecule has 1 aromatic carbocycles. The molecule has 1 aliphatic heterocycles. The lowest BCUT2D eigenvalue weighted by molar-refractivity contribution is -0.0265. The Morgan fingerprint density at radius 1 is 1.30 bits per heavy atom. The Balaban J connectivity index is 1.50. The van der Waals surface area contributed by atoms with Gasteiger partial charge in [0.25, 0.3) is 5.91 Å². The zero-order valence-electron chi connectivity index (χ0n) is 17.8. The molecule has 158 valence electrons. The molecule has 0 spiro atoms. The highest BCUT2D eigenvalue weighted by molar-refractivity contribution is 6.08. The maximum absolute atomic E-state index is 12.8. The third-order valence-corrected chi connectivity index (χ3v) is 5.83. The highest BCUT2D eigenvalue weighted by Crippen LogP contribution is 2.31. The number of fused-ring (bicyclic) bond motifs is 1. The van der Waals surface area contributed by atoms with E-state index >= 15 is 0 Å². The van der Waals surface area contributed by atoms with Crippen LogP contribution >= 0.6 is 0 Å². The maximum atomic E-state index is 12.8. The van der Waals surface area contributed by atoms with Crippen LogP contribution in [0.3, 0.4) is 0 Å². The van der Waals surface area contributed by atoms with Gasteiger partial charge in [-0.1, -0.05) is 26.0 Å². The van der Waals surface area contributed by atoms with Crippen LogP contribution in [-0.2, 0) is 4.74 Å². The Labute approximate surface area is 177 Å². The lowest BCUT2D eigenvalue weighted by Crippen LogP contribution is -2.40. The molecule has 0 bridgehead atoms. The Kier molecular flexibility index (Phi) is 6.11. The van der Waals surface area contributed by atoms with Gasteiger partial charge in [0.15, 0.2) is 5.65 Å². The SMILES string of the molecule is CCN(CC)[C@@H]1CCO[C@H](c2cccc(NC(=O)c3cnn4cc(C)cnc34)c2)C1. The number of amides is 1. The predicted molar refractivity (Wildman–Crippen MR) is 117 cm³/mol. The average Bonchev–Trinajstić information content (AvgIpc) is 3.18. The second-order valence-corrected chi connectivity index (χ2v) is 7.80. The van der Waals surface area contributed by atoms with E-state index in [0.717, 1.165) is 49.4 Å². The highest BCUT2D eigenvalue weighted by Gasteiger charge is 2.27. The zero-order valence-corrected chi connectivity index (χ0v) is 17.8. The fraction of sp³-hybridized carbons (Fsp3) is 0.435. The van der Waals surface area contributed by atoms with E-state index in [9.17, 15) is 4.79 Å². The molecule has 7 nitrogen and oxygen atoms in total. The molecule has 4 rings (SSSR count). The molecule has 0 radical (unpaired) electrons. The van der Waals surface area contributed by atoms with E-state index in [1.807, 2.05) is 31.3 Å². The van der Waals surface area contributed by atoms with Crippen LogP contribution in [0.4, 0.5) is 5.69 Å². The van der Waals surface area contributed by atoms with Crippen molar-refractivity contribution in [3.8, 4) is 0 Å². The molecule has 1 fully saturated rings. The van der Waals surface area contributed by atoms with Gasteiger partial charge >= 0.3 is 0 Å². The molecule has 3 heterocycles. The lowest BCUT2D eigenvalue weighted by Gasteiger charge is -2.36. The van der Waals surface area contributed by atoms with E-state index < -0.39 is 0 Å². The second-order valence-electron chi connectivity index (χ2n) is 7.80. The average molecular weight is 408 g/mol. The predicted octanol–water partition coefficient (Wildman–Crippen LogP) is 3.85. The smallest absolute Gasteiger partial charge is 0.261 e. The van der Waals surface area contributed by atoms with E-state index in [0.29, 0.717) is 17.3 Å². The zero-order chi connectivity index (χ0) is 21.1. The summed E-state index contributed by atoms with van der Waals surface area (Å²) in [5.41, 5.74) is 3.83. The molecule has 7 heteroatoms. The molecular formula is C23H29N5O2. The summed E-state index contributed by atoms with van der Waals surface area (Å²) in [7, 11) is 0. The van der Waals surface area contributed by atoms with Gasteiger partial charge in [-0.15, -0.1) is 0 Å². The molecule has 2 atom stereocenters. The third kappa shape index (κ3) is 4.22. The van der Waals surface area contributed by atoms with Crippen LogP contribution in [0, 0.1) is 6.92 Å². The van der Waals surface area contributed by atoms with Crippen LogP contribution in [0.1, 0.15) is 54.3 Å². The van der Waals surface area contributed by atoms with E-state index in [1.54, 1.807) is 16.9 Å². The van der Waals surface area contributed by atoms with Crippen LogP contribution in [-0.4, -0.2) is 51.1 Å². The number of benzene rings is 1. The largest absolute Gasteiger partial charge is 0.373 e. The van der Waals surface area contributed by atoms with Crippen LogP contribution in [0.2, 0.25) is 0 Å². The topological polar surface area (TPSA) is 71.8 Å². The minimum Gasteiger partial charge on any atom is -0.373 e. The summed E-state index contributed by atoms with van der Waals surface area (Å²) in [4.78, 5) is 19.7. The van der Waals surface area contributed by atoms with Crippen molar-refractivity contribution in [2.75, 3.05) is 25.0 Å². The normalized spacial score (nSPS) is 19.3. The molecule has 0 unspecified atom stereocenters. The van der Waals surface area contributed by atoms with Crippen molar-refractivity contribution in [3.05, 3.63) is 59.5 Å². The fourth-order valence-corrected chi connectivity index (χ4v) is 4.23.